The van der Waals surface area contributed by atoms with Crippen LogP contribution in [0.5, 0.6) is 0 Å². The Labute approximate surface area is 111 Å². The molecule has 1 aromatic carbocycles. The average Bonchev–Trinajstić information content (AvgIpc) is 2.41. The predicted molar refractivity (Wildman–Crippen MR) is 79.2 cm³/mol. The van der Waals surface area contributed by atoms with Crippen LogP contribution >= 0.6 is 0 Å². The number of nitrogens with zero attached hydrogens (tertiary/aromatic N) is 1. The van der Waals surface area contributed by atoms with Crippen molar-refractivity contribution in [2.45, 2.75) is 39.7 Å². The summed E-state index contributed by atoms with van der Waals surface area (Å²) in [6, 6.07) is 6.92. The molecule has 1 aromatic rings. The Morgan fingerprint density at radius 2 is 2.22 bits per heavy atom. The maximum Gasteiger partial charge on any atom is 0.0369 e. The first-order valence-electron chi connectivity index (χ1n) is 7.23. The molecule has 18 heavy (non-hydrogen) atoms. The summed E-state index contributed by atoms with van der Waals surface area (Å²) in [5, 5.41) is 3.23. The second-order valence-corrected chi connectivity index (χ2v) is 5.50. The van der Waals surface area contributed by atoms with Crippen molar-refractivity contribution in [1.29, 1.82) is 0 Å². The number of piperidine rings is 1. The molecule has 0 radical (unpaired) electrons. The van der Waals surface area contributed by atoms with Crippen LogP contribution in [0, 0.1) is 12.8 Å². The molecule has 1 N–H and O–H groups in total. The maximum absolute atomic E-state index is 3.23. The van der Waals surface area contributed by atoms with E-state index in [4.69, 9.17) is 0 Å². The fraction of sp³-hybridized carbons (Fsp3) is 0.625. The molecule has 100 valence electrons. The Morgan fingerprint density at radius 1 is 1.39 bits per heavy atom. The average molecular weight is 246 g/mol. The highest BCUT2D eigenvalue weighted by Crippen LogP contribution is 2.26. The first-order valence-corrected chi connectivity index (χ1v) is 7.23. The Balaban J connectivity index is 2.10. The molecule has 0 aromatic heterocycles. The standard InChI is InChI=1S/C16H26N2/c1-4-14-6-5-9-18(12-14)16-8-7-15(11-17-3)13(2)10-16/h7-8,10,14,17H,4-6,9,11-12H2,1-3H3. The van der Waals surface area contributed by atoms with Gasteiger partial charge in [-0.05, 0) is 56.0 Å². The monoisotopic (exact) mass is 246 g/mol. The molecule has 1 heterocycles. The van der Waals surface area contributed by atoms with Gasteiger partial charge in [-0.25, -0.2) is 0 Å². The number of hydrogen-bond acceptors (Lipinski definition) is 2. The van der Waals surface area contributed by atoms with Crippen LogP contribution in [0.15, 0.2) is 18.2 Å². The summed E-state index contributed by atoms with van der Waals surface area (Å²) in [6.07, 6.45) is 4.06. The van der Waals surface area contributed by atoms with Crippen LogP contribution in [-0.2, 0) is 6.54 Å². The molecule has 1 fully saturated rings. The summed E-state index contributed by atoms with van der Waals surface area (Å²) in [4.78, 5) is 2.56. The van der Waals surface area contributed by atoms with Gasteiger partial charge in [0.25, 0.3) is 0 Å². The maximum atomic E-state index is 3.23. The highest BCUT2D eigenvalue weighted by molar-refractivity contribution is 5.51. The Hall–Kier alpha value is -1.02. The summed E-state index contributed by atoms with van der Waals surface area (Å²) in [6.45, 7) is 7.96. The van der Waals surface area contributed by atoms with Crippen molar-refractivity contribution < 1.29 is 0 Å². The van der Waals surface area contributed by atoms with E-state index >= 15 is 0 Å². The molecule has 0 spiro atoms. The first kappa shape index (κ1) is 13.4. The van der Waals surface area contributed by atoms with Gasteiger partial charge in [0.2, 0.25) is 0 Å². The van der Waals surface area contributed by atoms with Crippen LogP contribution in [0.4, 0.5) is 5.69 Å². The number of rotatable bonds is 4. The van der Waals surface area contributed by atoms with Gasteiger partial charge in [0.15, 0.2) is 0 Å². The van der Waals surface area contributed by atoms with E-state index in [2.05, 4.69) is 42.3 Å². The summed E-state index contributed by atoms with van der Waals surface area (Å²) in [5.41, 5.74) is 4.22. The zero-order valence-electron chi connectivity index (χ0n) is 12.0. The summed E-state index contributed by atoms with van der Waals surface area (Å²) in [5.74, 6) is 0.885. The van der Waals surface area contributed by atoms with Gasteiger partial charge in [0.05, 0.1) is 0 Å². The lowest BCUT2D eigenvalue weighted by atomic mass is 9.95. The lowest BCUT2D eigenvalue weighted by Crippen LogP contribution is -2.35. The van der Waals surface area contributed by atoms with Gasteiger partial charge in [0, 0.05) is 25.3 Å². The molecule has 0 saturated carbocycles. The molecule has 1 aliphatic rings. The zero-order chi connectivity index (χ0) is 13.0. The second-order valence-electron chi connectivity index (χ2n) is 5.50. The Kier molecular flexibility index (Phi) is 4.65. The minimum Gasteiger partial charge on any atom is -0.371 e. The van der Waals surface area contributed by atoms with Crippen LogP contribution in [0.25, 0.3) is 0 Å². The van der Waals surface area contributed by atoms with E-state index in [-0.39, 0.29) is 0 Å². The fourth-order valence-corrected chi connectivity index (χ4v) is 2.90. The van der Waals surface area contributed by atoms with Crippen molar-refractivity contribution in [2.75, 3.05) is 25.0 Å². The molecule has 0 bridgehead atoms. The molecular formula is C16H26N2. The third kappa shape index (κ3) is 3.05. The highest BCUT2D eigenvalue weighted by Gasteiger charge is 2.18. The molecule has 2 heteroatoms. The molecule has 2 nitrogen and oxygen atoms in total. The van der Waals surface area contributed by atoms with E-state index in [1.165, 1.54) is 49.2 Å². The number of anilines is 1. The van der Waals surface area contributed by atoms with Crippen molar-refractivity contribution >= 4 is 5.69 Å². The van der Waals surface area contributed by atoms with Gasteiger partial charge >= 0.3 is 0 Å². The molecular weight excluding hydrogens is 220 g/mol. The lowest BCUT2D eigenvalue weighted by molar-refractivity contribution is 0.404. The van der Waals surface area contributed by atoms with Gasteiger partial charge in [0.1, 0.15) is 0 Å². The quantitative estimate of drug-likeness (QED) is 0.876. The van der Waals surface area contributed by atoms with Gasteiger partial charge in [-0.2, -0.15) is 0 Å². The normalized spacial score (nSPS) is 20.2. The molecule has 2 rings (SSSR count). The highest BCUT2D eigenvalue weighted by atomic mass is 15.1. The van der Waals surface area contributed by atoms with E-state index in [1.807, 2.05) is 7.05 Å². The van der Waals surface area contributed by atoms with Gasteiger partial charge in [-0.1, -0.05) is 19.4 Å². The van der Waals surface area contributed by atoms with Crippen LogP contribution in [0.3, 0.4) is 0 Å². The molecule has 0 aliphatic carbocycles. The summed E-state index contributed by atoms with van der Waals surface area (Å²) < 4.78 is 0. The molecule has 1 atom stereocenters. The Morgan fingerprint density at radius 3 is 2.89 bits per heavy atom. The summed E-state index contributed by atoms with van der Waals surface area (Å²) in [7, 11) is 2.00. The molecule has 1 aliphatic heterocycles. The van der Waals surface area contributed by atoms with Gasteiger partial charge < -0.3 is 10.2 Å². The van der Waals surface area contributed by atoms with Crippen LogP contribution in [0.1, 0.15) is 37.3 Å². The van der Waals surface area contributed by atoms with Crippen molar-refractivity contribution in [3.05, 3.63) is 29.3 Å². The van der Waals surface area contributed by atoms with Crippen molar-refractivity contribution in [3.8, 4) is 0 Å². The largest absolute Gasteiger partial charge is 0.371 e. The molecule has 0 amide bonds. The minimum absolute atomic E-state index is 0.885. The predicted octanol–water partition coefficient (Wildman–Crippen LogP) is 3.34. The number of hydrogen-bond donors (Lipinski definition) is 1. The van der Waals surface area contributed by atoms with E-state index in [0.29, 0.717) is 0 Å². The van der Waals surface area contributed by atoms with Crippen LogP contribution < -0.4 is 10.2 Å². The van der Waals surface area contributed by atoms with Crippen molar-refractivity contribution in [3.63, 3.8) is 0 Å². The number of aryl methyl sites for hydroxylation is 1. The minimum atomic E-state index is 0.885. The first-order chi connectivity index (χ1) is 8.74. The van der Waals surface area contributed by atoms with Crippen LogP contribution in [-0.4, -0.2) is 20.1 Å². The van der Waals surface area contributed by atoms with E-state index in [9.17, 15) is 0 Å². The third-order valence-corrected chi connectivity index (χ3v) is 4.15. The smallest absolute Gasteiger partial charge is 0.0369 e. The molecule has 1 saturated heterocycles. The van der Waals surface area contributed by atoms with E-state index in [0.717, 1.165) is 12.5 Å². The lowest BCUT2D eigenvalue weighted by Gasteiger charge is -2.34. The number of benzene rings is 1. The van der Waals surface area contributed by atoms with Gasteiger partial charge in [-0.3, -0.25) is 0 Å². The SMILES string of the molecule is CCC1CCCN(c2ccc(CNC)c(C)c2)C1. The van der Waals surface area contributed by atoms with Crippen molar-refractivity contribution in [1.82, 2.24) is 5.32 Å². The number of nitrogens with one attached hydrogen (secondary N) is 1. The van der Waals surface area contributed by atoms with E-state index < -0.39 is 0 Å². The van der Waals surface area contributed by atoms with E-state index in [1.54, 1.807) is 0 Å². The summed E-state index contributed by atoms with van der Waals surface area (Å²) >= 11 is 0. The zero-order valence-corrected chi connectivity index (χ0v) is 12.0. The van der Waals surface area contributed by atoms with Crippen LogP contribution in [0.2, 0.25) is 0 Å². The Bertz CT molecular complexity index is 387. The second kappa shape index (κ2) is 6.24. The molecule has 1 unspecified atom stereocenters. The van der Waals surface area contributed by atoms with Gasteiger partial charge in [-0.15, -0.1) is 0 Å². The topological polar surface area (TPSA) is 15.3 Å². The third-order valence-electron chi connectivity index (χ3n) is 4.15. The van der Waals surface area contributed by atoms with Crippen molar-refractivity contribution in [2.24, 2.45) is 5.92 Å². The fourth-order valence-electron chi connectivity index (χ4n) is 2.90.